The maximum Gasteiger partial charge on any atom is 0.309 e. The molecule has 0 bridgehead atoms. The number of ether oxygens (including phenoxy) is 1. The van der Waals surface area contributed by atoms with Crippen LogP contribution in [0, 0.1) is 12.8 Å². The van der Waals surface area contributed by atoms with Crippen molar-refractivity contribution in [2.45, 2.75) is 27.3 Å². The van der Waals surface area contributed by atoms with Gasteiger partial charge in [-0.1, -0.05) is 6.92 Å². The molecule has 1 aromatic heterocycles. The number of thiazole rings is 1. The van der Waals surface area contributed by atoms with Gasteiger partial charge in [-0.3, -0.25) is 4.79 Å². The third kappa shape index (κ3) is 4.28. The smallest absolute Gasteiger partial charge is 0.309 e. The molecule has 16 heavy (non-hydrogen) atoms. The number of hydrogen-bond acceptors (Lipinski definition) is 5. The van der Waals surface area contributed by atoms with Gasteiger partial charge in [0.15, 0.2) is 0 Å². The summed E-state index contributed by atoms with van der Waals surface area (Å²) in [7, 11) is 0. The van der Waals surface area contributed by atoms with Crippen molar-refractivity contribution in [3.63, 3.8) is 0 Å². The Morgan fingerprint density at radius 2 is 2.44 bits per heavy atom. The number of esters is 1. The summed E-state index contributed by atoms with van der Waals surface area (Å²) in [5, 5.41) is 6.27. The predicted molar refractivity (Wildman–Crippen MR) is 64.4 cm³/mol. The molecule has 0 aliphatic rings. The minimum absolute atomic E-state index is 0.110. The quantitative estimate of drug-likeness (QED) is 0.772. The number of carbonyl (C=O) groups excluding carboxylic acids is 1. The second kappa shape index (κ2) is 6.60. The number of nitrogens with one attached hydrogen (secondary N) is 1. The van der Waals surface area contributed by atoms with Gasteiger partial charge in [-0.15, -0.1) is 11.3 Å². The molecule has 1 heterocycles. The van der Waals surface area contributed by atoms with Crippen molar-refractivity contribution < 1.29 is 9.53 Å². The first kappa shape index (κ1) is 13.1. The molecular formula is C11H18N2O2S. The van der Waals surface area contributed by atoms with Gasteiger partial charge in [0.2, 0.25) is 0 Å². The van der Waals surface area contributed by atoms with Gasteiger partial charge in [0.1, 0.15) is 5.01 Å². The minimum Gasteiger partial charge on any atom is -0.466 e. The van der Waals surface area contributed by atoms with E-state index < -0.39 is 0 Å². The number of hydrogen-bond donors (Lipinski definition) is 1. The summed E-state index contributed by atoms with van der Waals surface area (Å²) in [5.41, 5.74) is 1.04. The number of nitrogens with zero attached hydrogens (tertiary/aromatic N) is 1. The van der Waals surface area contributed by atoms with Crippen molar-refractivity contribution in [2.75, 3.05) is 13.2 Å². The van der Waals surface area contributed by atoms with Crippen LogP contribution >= 0.6 is 11.3 Å². The maximum atomic E-state index is 11.3. The van der Waals surface area contributed by atoms with Crippen LogP contribution in [0.1, 0.15) is 24.5 Å². The Hall–Kier alpha value is -0.940. The fourth-order valence-electron chi connectivity index (χ4n) is 1.25. The van der Waals surface area contributed by atoms with Gasteiger partial charge in [0, 0.05) is 24.2 Å². The van der Waals surface area contributed by atoms with Crippen molar-refractivity contribution in [1.29, 1.82) is 0 Å². The van der Waals surface area contributed by atoms with Crippen LogP contribution in [0.4, 0.5) is 0 Å². The molecule has 0 aliphatic carbocycles. The van der Waals surface area contributed by atoms with Crippen LogP contribution in [0.5, 0.6) is 0 Å². The zero-order valence-corrected chi connectivity index (χ0v) is 10.8. The fourth-order valence-corrected chi connectivity index (χ4v) is 1.99. The van der Waals surface area contributed by atoms with Crippen molar-refractivity contribution in [3.8, 4) is 0 Å². The predicted octanol–water partition coefficient (Wildman–Crippen LogP) is 1.74. The highest BCUT2D eigenvalue weighted by Crippen LogP contribution is 2.08. The molecule has 4 nitrogen and oxygen atoms in total. The second-order valence-electron chi connectivity index (χ2n) is 3.67. The van der Waals surface area contributed by atoms with Gasteiger partial charge < -0.3 is 10.1 Å². The number of rotatable bonds is 6. The van der Waals surface area contributed by atoms with E-state index >= 15 is 0 Å². The van der Waals surface area contributed by atoms with Crippen LogP contribution in [0.3, 0.4) is 0 Å². The van der Waals surface area contributed by atoms with Crippen molar-refractivity contribution in [2.24, 2.45) is 5.92 Å². The van der Waals surface area contributed by atoms with E-state index in [4.69, 9.17) is 4.74 Å². The van der Waals surface area contributed by atoms with E-state index in [-0.39, 0.29) is 11.9 Å². The molecule has 1 rings (SSSR count). The van der Waals surface area contributed by atoms with Crippen LogP contribution in [-0.2, 0) is 16.1 Å². The van der Waals surface area contributed by atoms with E-state index in [2.05, 4.69) is 10.3 Å². The van der Waals surface area contributed by atoms with E-state index in [1.807, 2.05) is 26.2 Å². The Bertz CT molecular complexity index is 338. The third-order valence-corrected chi connectivity index (χ3v) is 3.05. The van der Waals surface area contributed by atoms with Gasteiger partial charge in [0.25, 0.3) is 0 Å². The molecule has 5 heteroatoms. The molecule has 0 aromatic carbocycles. The molecule has 0 saturated carbocycles. The van der Waals surface area contributed by atoms with Gasteiger partial charge in [0.05, 0.1) is 12.5 Å². The molecule has 0 spiro atoms. The fraction of sp³-hybridized carbons (Fsp3) is 0.636. The number of carbonyl (C=O) groups is 1. The lowest BCUT2D eigenvalue weighted by Crippen LogP contribution is -2.27. The minimum atomic E-state index is -0.148. The Morgan fingerprint density at radius 3 is 3.00 bits per heavy atom. The van der Waals surface area contributed by atoms with Crippen molar-refractivity contribution in [1.82, 2.24) is 10.3 Å². The summed E-state index contributed by atoms with van der Waals surface area (Å²) >= 11 is 1.63. The van der Waals surface area contributed by atoms with Crippen LogP contribution in [-0.4, -0.2) is 24.1 Å². The summed E-state index contributed by atoms with van der Waals surface area (Å²) in [5.74, 6) is -0.258. The van der Waals surface area contributed by atoms with Gasteiger partial charge in [-0.05, 0) is 13.8 Å². The normalized spacial score (nSPS) is 12.4. The largest absolute Gasteiger partial charge is 0.466 e. The molecule has 0 fully saturated rings. The average molecular weight is 242 g/mol. The molecule has 90 valence electrons. The Labute approximate surface area is 100 Å². The Kier molecular flexibility index (Phi) is 5.42. The molecule has 0 amide bonds. The van der Waals surface area contributed by atoms with Crippen molar-refractivity contribution in [3.05, 3.63) is 16.1 Å². The summed E-state index contributed by atoms with van der Waals surface area (Å²) in [6, 6.07) is 0. The third-order valence-electron chi connectivity index (χ3n) is 2.08. The van der Waals surface area contributed by atoms with Crippen LogP contribution < -0.4 is 5.32 Å². The van der Waals surface area contributed by atoms with E-state index in [1.165, 1.54) is 0 Å². The summed E-state index contributed by atoms with van der Waals surface area (Å²) in [6.07, 6.45) is 0. The zero-order valence-electron chi connectivity index (χ0n) is 9.95. The molecule has 1 atom stereocenters. The Morgan fingerprint density at radius 1 is 1.69 bits per heavy atom. The zero-order chi connectivity index (χ0) is 12.0. The molecule has 0 radical (unpaired) electrons. The van der Waals surface area contributed by atoms with Crippen LogP contribution in [0.2, 0.25) is 0 Å². The highest BCUT2D eigenvalue weighted by atomic mass is 32.1. The molecular weight excluding hydrogens is 224 g/mol. The number of aromatic nitrogens is 1. The first-order valence-electron chi connectivity index (χ1n) is 5.41. The average Bonchev–Trinajstić information content (AvgIpc) is 2.64. The van der Waals surface area contributed by atoms with Gasteiger partial charge >= 0.3 is 5.97 Å². The summed E-state index contributed by atoms with van der Waals surface area (Å²) < 4.78 is 4.92. The second-order valence-corrected chi connectivity index (χ2v) is 4.61. The highest BCUT2D eigenvalue weighted by Gasteiger charge is 2.13. The summed E-state index contributed by atoms with van der Waals surface area (Å²) in [6.45, 7) is 7.42. The lowest BCUT2D eigenvalue weighted by Gasteiger charge is -2.10. The lowest BCUT2D eigenvalue weighted by molar-refractivity contribution is -0.147. The molecule has 1 unspecified atom stereocenters. The van der Waals surface area contributed by atoms with Gasteiger partial charge in [-0.25, -0.2) is 4.98 Å². The van der Waals surface area contributed by atoms with Crippen molar-refractivity contribution >= 4 is 17.3 Å². The molecule has 0 saturated heterocycles. The molecule has 1 aromatic rings. The van der Waals surface area contributed by atoms with Crippen LogP contribution in [0.15, 0.2) is 5.38 Å². The first-order chi connectivity index (χ1) is 7.63. The SMILES string of the molecule is CCOC(=O)C(C)CNCc1nc(C)cs1. The van der Waals surface area contributed by atoms with E-state index in [0.29, 0.717) is 19.7 Å². The monoisotopic (exact) mass is 242 g/mol. The van der Waals surface area contributed by atoms with Gasteiger partial charge in [-0.2, -0.15) is 0 Å². The van der Waals surface area contributed by atoms with Crippen LogP contribution in [0.25, 0.3) is 0 Å². The number of aryl methyl sites for hydroxylation is 1. The highest BCUT2D eigenvalue weighted by molar-refractivity contribution is 7.09. The Balaban J connectivity index is 2.22. The topological polar surface area (TPSA) is 51.2 Å². The van der Waals surface area contributed by atoms with E-state index in [1.54, 1.807) is 11.3 Å². The molecule has 0 aliphatic heterocycles. The standard InChI is InChI=1S/C11H18N2O2S/c1-4-15-11(14)8(2)5-12-6-10-13-9(3)7-16-10/h7-8,12H,4-6H2,1-3H3. The molecule has 1 N–H and O–H groups in total. The summed E-state index contributed by atoms with van der Waals surface area (Å²) in [4.78, 5) is 15.6. The van der Waals surface area contributed by atoms with E-state index in [9.17, 15) is 4.79 Å². The lowest BCUT2D eigenvalue weighted by atomic mass is 10.2. The maximum absolute atomic E-state index is 11.3. The van der Waals surface area contributed by atoms with E-state index in [0.717, 1.165) is 10.7 Å². The first-order valence-corrected chi connectivity index (χ1v) is 6.29.